The molecule has 3 rings (SSSR count). The summed E-state index contributed by atoms with van der Waals surface area (Å²) in [6.45, 7) is 4.61. The molecular formula is C20H25N5O. The summed E-state index contributed by atoms with van der Waals surface area (Å²) in [7, 11) is 3.76. The van der Waals surface area contributed by atoms with Crippen molar-refractivity contribution in [2.75, 3.05) is 7.05 Å². The zero-order valence-corrected chi connectivity index (χ0v) is 15.7. The molecule has 2 heterocycles. The maximum atomic E-state index is 12.7. The number of nitrogens with one attached hydrogen (secondary N) is 1. The molecule has 0 aliphatic carbocycles. The first kappa shape index (κ1) is 17.9. The molecule has 0 saturated heterocycles. The van der Waals surface area contributed by atoms with Crippen LogP contribution in [0.2, 0.25) is 0 Å². The van der Waals surface area contributed by atoms with Gasteiger partial charge < -0.3 is 14.8 Å². The Kier molecular flexibility index (Phi) is 5.21. The Bertz CT molecular complexity index is 888. The predicted octanol–water partition coefficient (Wildman–Crippen LogP) is 3.51. The van der Waals surface area contributed by atoms with Gasteiger partial charge in [-0.2, -0.15) is 0 Å². The molecule has 0 spiro atoms. The van der Waals surface area contributed by atoms with Gasteiger partial charge in [-0.05, 0) is 29.7 Å². The molecular weight excluding hydrogens is 326 g/mol. The van der Waals surface area contributed by atoms with E-state index in [2.05, 4.69) is 29.1 Å². The van der Waals surface area contributed by atoms with E-state index < -0.39 is 0 Å². The topological polar surface area (TPSA) is 63.1 Å². The lowest BCUT2D eigenvalue weighted by molar-refractivity contribution is 0.197. The van der Waals surface area contributed by atoms with Crippen LogP contribution in [0, 0.1) is 5.92 Å². The number of carbonyl (C=O) groups excluding carboxylic acids is 1. The molecule has 3 aromatic rings. The number of nitrogens with zero attached hydrogens (tertiary/aromatic N) is 4. The van der Waals surface area contributed by atoms with E-state index >= 15 is 0 Å². The SMILES string of the molecule is CC(C)C(NC(=O)N(C)Cc1nc2ccccc2n1C)c1cccnc1. The maximum Gasteiger partial charge on any atom is 0.318 e. The van der Waals surface area contributed by atoms with Crippen LogP contribution in [0.4, 0.5) is 4.79 Å². The van der Waals surface area contributed by atoms with Gasteiger partial charge in [-0.15, -0.1) is 0 Å². The van der Waals surface area contributed by atoms with E-state index in [1.165, 1.54) is 0 Å². The summed E-state index contributed by atoms with van der Waals surface area (Å²) in [6, 6.07) is 11.6. The van der Waals surface area contributed by atoms with Crippen LogP contribution in [0.25, 0.3) is 11.0 Å². The first-order valence-electron chi connectivity index (χ1n) is 8.79. The second kappa shape index (κ2) is 7.56. The number of hydrogen-bond donors (Lipinski definition) is 1. The average molecular weight is 351 g/mol. The zero-order chi connectivity index (χ0) is 18.7. The lowest BCUT2D eigenvalue weighted by atomic mass is 9.98. The van der Waals surface area contributed by atoms with Crippen molar-refractivity contribution in [3.05, 3.63) is 60.2 Å². The first-order valence-corrected chi connectivity index (χ1v) is 8.79. The maximum absolute atomic E-state index is 12.7. The fraction of sp³-hybridized carbons (Fsp3) is 0.350. The van der Waals surface area contributed by atoms with Crippen molar-refractivity contribution in [1.82, 2.24) is 24.8 Å². The molecule has 136 valence electrons. The van der Waals surface area contributed by atoms with Crippen molar-refractivity contribution in [2.45, 2.75) is 26.4 Å². The standard InChI is InChI=1S/C20H25N5O/c1-14(2)19(15-8-7-11-21-12-15)23-20(26)24(3)13-18-22-16-9-5-6-10-17(16)25(18)4/h5-12,14,19H,13H2,1-4H3,(H,23,26). The van der Waals surface area contributed by atoms with Crippen molar-refractivity contribution in [3.8, 4) is 0 Å². The molecule has 6 heteroatoms. The first-order chi connectivity index (χ1) is 12.5. The molecule has 1 N–H and O–H groups in total. The van der Waals surface area contributed by atoms with E-state index in [1.807, 2.05) is 48.0 Å². The van der Waals surface area contributed by atoms with Crippen molar-refractivity contribution in [3.63, 3.8) is 0 Å². The number of imidazole rings is 1. The van der Waals surface area contributed by atoms with Crippen LogP contribution in [0.15, 0.2) is 48.8 Å². The summed E-state index contributed by atoms with van der Waals surface area (Å²) in [6.07, 6.45) is 3.54. The van der Waals surface area contributed by atoms with Gasteiger partial charge in [0.05, 0.1) is 23.6 Å². The number of para-hydroxylation sites is 2. The third-order valence-electron chi connectivity index (χ3n) is 4.59. The summed E-state index contributed by atoms with van der Waals surface area (Å²) in [5, 5.41) is 3.12. The highest BCUT2D eigenvalue weighted by Gasteiger charge is 2.21. The number of hydrogen-bond acceptors (Lipinski definition) is 3. The van der Waals surface area contributed by atoms with Gasteiger partial charge in [-0.25, -0.2) is 9.78 Å². The third-order valence-corrected chi connectivity index (χ3v) is 4.59. The molecule has 2 amide bonds. The summed E-state index contributed by atoms with van der Waals surface area (Å²) in [5.74, 6) is 1.11. The average Bonchev–Trinajstić information content (AvgIpc) is 2.96. The van der Waals surface area contributed by atoms with Gasteiger partial charge in [0, 0.05) is 26.5 Å². The molecule has 0 fully saturated rings. The minimum atomic E-state index is -0.125. The lowest BCUT2D eigenvalue weighted by Gasteiger charge is -2.26. The zero-order valence-electron chi connectivity index (χ0n) is 15.7. The van der Waals surface area contributed by atoms with Gasteiger partial charge in [0.15, 0.2) is 0 Å². The van der Waals surface area contributed by atoms with Crippen LogP contribution in [0.3, 0.4) is 0 Å². The number of aromatic nitrogens is 3. The molecule has 0 aliphatic rings. The molecule has 2 aromatic heterocycles. The van der Waals surface area contributed by atoms with Crippen LogP contribution in [0.1, 0.15) is 31.3 Å². The van der Waals surface area contributed by atoms with E-state index in [0.29, 0.717) is 6.54 Å². The number of aryl methyl sites for hydroxylation is 1. The second-order valence-corrected chi connectivity index (χ2v) is 6.89. The molecule has 1 aromatic carbocycles. The van der Waals surface area contributed by atoms with Gasteiger partial charge in [0.1, 0.15) is 5.82 Å². The Morgan fingerprint density at radius 2 is 2.00 bits per heavy atom. The highest BCUT2D eigenvalue weighted by molar-refractivity contribution is 5.76. The lowest BCUT2D eigenvalue weighted by Crippen LogP contribution is -2.41. The molecule has 1 atom stereocenters. The number of carbonyl (C=O) groups is 1. The van der Waals surface area contributed by atoms with Gasteiger partial charge in [0.2, 0.25) is 0 Å². The molecule has 26 heavy (non-hydrogen) atoms. The smallest absolute Gasteiger partial charge is 0.318 e. The number of urea groups is 1. The third kappa shape index (κ3) is 3.69. The number of rotatable bonds is 5. The van der Waals surface area contributed by atoms with Crippen molar-refractivity contribution < 1.29 is 4.79 Å². The van der Waals surface area contributed by atoms with E-state index in [1.54, 1.807) is 24.3 Å². The van der Waals surface area contributed by atoms with Gasteiger partial charge in [-0.3, -0.25) is 4.98 Å². The minimum absolute atomic E-state index is 0.0842. The van der Waals surface area contributed by atoms with Crippen LogP contribution >= 0.6 is 0 Å². The van der Waals surface area contributed by atoms with Crippen molar-refractivity contribution >= 4 is 17.1 Å². The van der Waals surface area contributed by atoms with Crippen LogP contribution in [0.5, 0.6) is 0 Å². The molecule has 6 nitrogen and oxygen atoms in total. The predicted molar refractivity (Wildman–Crippen MR) is 103 cm³/mol. The Labute approximate surface area is 153 Å². The summed E-state index contributed by atoms with van der Waals surface area (Å²) < 4.78 is 2.03. The largest absolute Gasteiger partial charge is 0.331 e. The van der Waals surface area contributed by atoms with Gasteiger partial charge in [0.25, 0.3) is 0 Å². The van der Waals surface area contributed by atoms with Gasteiger partial charge in [-0.1, -0.05) is 32.0 Å². The summed E-state index contributed by atoms with van der Waals surface area (Å²) >= 11 is 0. The second-order valence-electron chi connectivity index (χ2n) is 6.89. The fourth-order valence-electron chi connectivity index (χ4n) is 3.06. The van der Waals surface area contributed by atoms with Crippen molar-refractivity contribution in [1.29, 1.82) is 0 Å². The minimum Gasteiger partial charge on any atom is -0.331 e. The van der Waals surface area contributed by atoms with E-state index in [-0.39, 0.29) is 18.0 Å². The van der Waals surface area contributed by atoms with Crippen molar-refractivity contribution in [2.24, 2.45) is 13.0 Å². The summed E-state index contributed by atoms with van der Waals surface area (Å²) in [5.41, 5.74) is 3.01. The van der Waals surface area contributed by atoms with Crippen LogP contribution in [-0.2, 0) is 13.6 Å². The molecule has 1 unspecified atom stereocenters. The van der Waals surface area contributed by atoms with E-state index in [4.69, 9.17) is 0 Å². The summed E-state index contributed by atoms with van der Waals surface area (Å²) in [4.78, 5) is 23.2. The molecule has 0 radical (unpaired) electrons. The Balaban J connectivity index is 1.73. The Hall–Kier alpha value is -2.89. The molecule has 0 saturated carbocycles. The van der Waals surface area contributed by atoms with Crippen LogP contribution in [-0.4, -0.2) is 32.5 Å². The molecule has 0 aliphatic heterocycles. The highest BCUT2D eigenvalue weighted by Crippen LogP contribution is 2.21. The molecule has 0 bridgehead atoms. The number of fused-ring (bicyclic) bond motifs is 1. The van der Waals surface area contributed by atoms with Gasteiger partial charge >= 0.3 is 6.03 Å². The monoisotopic (exact) mass is 351 g/mol. The quantitative estimate of drug-likeness (QED) is 0.765. The number of amides is 2. The Morgan fingerprint density at radius 1 is 1.23 bits per heavy atom. The number of benzene rings is 1. The normalized spacial score (nSPS) is 12.3. The fourth-order valence-corrected chi connectivity index (χ4v) is 3.06. The Morgan fingerprint density at radius 3 is 2.65 bits per heavy atom. The highest BCUT2D eigenvalue weighted by atomic mass is 16.2. The van der Waals surface area contributed by atoms with Crippen LogP contribution < -0.4 is 5.32 Å². The van der Waals surface area contributed by atoms with E-state index in [0.717, 1.165) is 22.4 Å². The van der Waals surface area contributed by atoms with E-state index in [9.17, 15) is 4.79 Å². The number of pyridine rings is 1.